The van der Waals surface area contributed by atoms with Gasteiger partial charge in [-0.1, -0.05) is 29.1 Å². The van der Waals surface area contributed by atoms with Crippen molar-refractivity contribution in [1.29, 1.82) is 0 Å². The van der Waals surface area contributed by atoms with E-state index in [1.54, 1.807) is 34.0 Å². The highest BCUT2D eigenvalue weighted by atomic mass is 35.5. The Morgan fingerprint density at radius 1 is 1.36 bits per heavy atom. The molecule has 3 rings (SSSR count). The normalized spacial score (nSPS) is 16.7. The van der Waals surface area contributed by atoms with Crippen molar-refractivity contribution in [2.75, 3.05) is 11.4 Å². The maximum absolute atomic E-state index is 12.7. The first kappa shape index (κ1) is 16.8. The van der Waals surface area contributed by atoms with Crippen molar-refractivity contribution in [1.82, 2.24) is 9.78 Å². The molecule has 0 radical (unpaired) electrons. The van der Waals surface area contributed by atoms with Crippen LogP contribution in [0.1, 0.15) is 29.0 Å². The summed E-state index contributed by atoms with van der Waals surface area (Å²) in [4.78, 5) is 14.3. The summed E-state index contributed by atoms with van der Waals surface area (Å²) in [7, 11) is 0. The zero-order valence-corrected chi connectivity index (χ0v) is 14.2. The summed E-state index contributed by atoms with van der Waals surface area (Å²) in [6.07, 6.45) is 6.99. The predicted molar refractivity (Wildman–Crippen MR) is 93.4 cm³/mol. The maximum Gasteiger partial charge on any atom is 0.277 e. The van der Waals surface area contributed by atoms with Gasteiger partial charge in [0.1, 0.15) is 5.69 Å². The van der Waals surface area contributed by atoms with Gasteiger partial charge in [0.2, 0.25) is 0 Å². The lowest BCUT2D eigenvalue weighted by molar-refractivity contribution is 0.0953. The second-order valence-corrected chi connectivity index (χ2v) is 5.67. The second kappa shape index (κ2) is 6.25. The second-order valence-electron chi connectivity index (χ2n) is 4.86. The Morgan fingerprint density at radius 2 is 2.09 bits per heavy atom. The minimum Gasteiger partial charge on any atom is -0.305 e. The van der Waals surface area contributed by atoms with E-state index in [0.29, 0.717) is 33.5 Å². The van der Waals surface area contributed by atoms with Crippen LogP contribution in [-0.4, -0.2) is 22.2 Å². The lowest BCUT2D eigenvalue weighted by atomic mass is 10.1. The maximum atomic E-state index is 12.7. The lowest BCUT2D eigenvalue weighted by Gasteiger charge is -2.32. The van der Waals surface area contributed by atoms with Gasteiger partial charge >= 0.3 is 0 Å². The molecule has 114 valence electrons. The first-order chi connectivity index (χ1) is 10.0. The quantitative estimate of drug-likeness (QED) is 0.735. The summed E-state index contributed by atoms with van der Waals surface area (Å²) >= 11 is 12.0. The third-order valence-electron chi connectivity index (χ3n) is 3.48. The molecular weight excluding hydrogens is 341 g/mol. The Labute approximate surface area is 145 Å². The molecule has 4 nitrogen and oxygen atoms in total. The van der Waals surface area contributed by atoms with Crippen LogP contribution in [0.25, 0.3) is 0 Å². The molecule has 0 saturated carbocycles. The van der Waals surface area contributed by atoms with Crippen LogP contribution in [0.3, 0.4) is 0 Å². The highest BCUT2D eigenvalue weighted by Gasteiger charge is 2.33. The van der Waals surface area contributed by atoms with Crippen molar-refractivity contribution in [2.24, 2.45) is 0 Å². The number of halogens is 2. The van der Waals surface area contributed by atoms with Crippen molar-refractivity contribution >= 4 is 48.3 Å². The molecule has 7 heteroatoms. The van der Waals surface area contributed by atoms with Gasteiger partial charge in [0.15, 0.2) is 0 Å². The number of rotatable bonds is 1. The molecule has 0 saturated heterocycles. The molecule has 1 aromatic carbocycles. The Balaban J connectivity index is 0.00000176. The van der Waals surface area contributed by atoms with Crippen LogP contribution in [0.15, 0.2) is 24.4 Å². The van der Waals surface area contributed by atoms with Crippen molar-refractivity contribution in [2.45, 2.75) is 13.0 Å². The average Bonchev–Trinajstić information content (AvgIpc) is 2.90. The molecule has 0 aliphatic carbocycles. The van der Waals surface area contributed by atoms with Crippen molar-refractivity contribution in [3.8, 4) is 12.3 Å². The molecule has 2 heterocycles. The zero-order chi connectivity index (χ0) is 15.1. The van der Waals surface area contributed by atoms with Gasteiger partial charge in [0.05, 0.1) is 27.8 Å². The van der Waals surface area contributed by atoms with Crippen LogP contribution in [-0.2, 0) is 0 Å². The summed E-state index contributed by atoms with van der Waals surface area (Å²) in [6, 6.07) is 5.14. The topological polar surface area (TPSA) is 38.1 Å². The van der Waals surface area contributed by atoms with Gasteiger partial charge in [0, 0.05) is 12.2 Å². The van der Waals surface area contributed by atoms with Gasteiger partial charge in [-0.05, 0) is 25.1 Å². The van der Waals surface area contributed by atoms with Gasteiger partial charge < -0.3 is 4.90 Å². The zero-order valence-electron chi connectivity index (χ0n) is 11.7. The molecule has 0 N–H and O–H groups in total. The fraction of sp³-hybridized carbons (Fsp3) is 0.200. The number of carbonyl (C=O) groups is 1. The molecule has 0 fully saturated rings. The van der Waals surface area contributed by atoms with E-state index < -0.39 is 0 Å². The molecule has 1 aliphatic rings. The van der Waals surface area contributed by atoms with Gasteiger partial charge in [-0.2, -0.15) is 18.6 Å². The SMILES string of the molecule is C#Cc1cnn2c1C(=O)N(c1ccc(Cl)c(Cl)c1)C[C@@H]2C.S. The molecule has 0 spiro atoms. The van der Waals surface area contributed by atoms with Gasteiger partial charge in [-0.25, -0.2) is 0 Å². The fourth-order valence-corrected chi connectivity index (χ4v) is 2.74. The fourth-order valence-electron chi connectivity index (χ4n) is 2.44. The molecular formula is C15H13Cl2N3OS. The minimum atomic E-state index is -0.183. The van der Waals surface area contributed by atoms with E-state index in [9.17, 15) is 4.79 Å². The standard InChI is InChI=1S/C15H11Cl2N3O.H2S/c1-3-10-7-18-20-9(2)8-19(15(21)14(10)20)11-4-5-12(16)13(17)6-11;/h1,4-7,9H,8H2,2H3;1H2/t9-;/m0./s1. The van der Waals surface area contributed by atoms with Crippen LogP contribution in [0.5, 0.6) is 0 Å². The average molecular weight is 354 g/mol. The molecule has 2 aromatic rings. The van der Waals surface area contributed by atoms with Crippen LogP contribution < -0.4 is 4.90 Å². The Bertz CT molecular complexity index is 782. The summed E-state index contributed by atoms with van der Waals surface area (Å²) in [5.74, 6) is 2.32. The number of hydrogen-bond donors (Lipinski definition) is 0. The molecule has 0 bridgehead atoms. The van der Waals surface area contributed by atoms with Crippen LogP contribution in [0.4, 0.5) is 5.69 Å². The largest absolute Gasteiger partial charge is 0.305 e. The molecule has 22 heavy (non-hydrogen) atoms. The Morgan fingerprint density at radius 3 is 2.73 bits per heavy atom. The van der Waals surface area contributed by atoms with Crippen molar-refractivity contribution in [3.63, 3.8) is 0 Å². The Hall–Kier alpha value is -1.61. The molecule has 1 aromatic heterocycles. The monoisotopic (exact) mass is 353 g/mol. The number of aromatic nitrogens is 2. The smallest absolute Gasteiger partial charge is 0.277 e. The Kier molecular flexibility index (Phi) is 4.76. The number of anilines is 1. The van der Waals surface area contributed by atoms with Crippen molar-refractivity contribution in [3.05, 3.63) is 45.7 Å². The number of benzene rings is 1. The summed E-state index contributed by atoms with van der Waals surface area (Å²) < 4.78 is 1.67. The minimum absolute atomic E-state index is 0. The summed E-state index contributed by atoms with van der Waals surface area (Å²) in [5, 5.41) is 5.06. The van der Waals surface area contributed by atoms with Gasteiger partial charge in [0.25, 0.3) is 5.91 Å². The van der Waals surface area contributed by atoms with E-state index in [1.165, 1.54) is 0 Å². The third-order valence-corrected chi connectivity index (χ3v) is 4.22. The predicted octanol–water partition coefficient (Wildman–Crippen LogP) is 3.51. The van der Waals surface area contributed by atoms with Crippen LogP contribution in [0, 0.1) is 12.3 Å². The van der Waals surface area contributed by atoms with E-state index in [-0.39, 0.29) is 25.4 Å². The number of amides is 1. The van der Waals surface area contributed by atoms with E-state index in [4.69, 9.17) is 29.6 Å². The van der Waals surface area contributed by atoms with E-state index >= 15 is 0 Å². The first-order valence-corrected chi connectivity index (χ1v) is 7.09. The van der Waals surface area contributed by atoms with Crippen LogP contribution >= 0.6 is 36.7 Å². The highest BCUT2D eigenvalue weighted by molar-refractivity contribution is 7.59. The van der Waals surface area contributed by atoms with E-state index in [1.807, 2.05) is 6.92 Å². The molecule has 1 aliphatic heterocycles. The number of carbonyl (C=O) groups excluding carboxylic acids is 1. The van der Waals surface area contributed by atoms with Gasteiger partial charge in [-0.15, -0.1) is 6.42 Å². The first-order valence-electron chi connectivity index (χ1n) is 6.34. The number of nitrogens with zero attached hydrogens (tertiary/aromatic N) is 3. The van der Waals surface area contributed by atoms with E-state index in [0.717, 1.165) is 0 Å². The van der Waals surface area contributed by atoms with Gasteiger partial charge in [-0.3, -0.25) is 9.48 Å². The number of terminal acetylenes is 1. The van der Waals surface area contributed by atoms with E-state index in [2.05, 4.69) is 11.0 Å². The summed E-state index contributed by atoms with van der Waals surface area (Å²) in [5.41, 5.74) is 1.62. The lowest BCUT2D eigenvalue weighted by Crippen LogP contribution is -2.43. The number of hydrogen-bond acceptors (Lipinski definition) is 2. The van der Waals surface area contributed by atoms with Crippen LogP contribution in [0.2, 0.25) is 10.0 Å². The third kappa shape index (κ3) is 2.58. The van der Waals surface area contributed by atoms with Crippen molar-refractivity contribution < 1.29 is 4.79 Å². The highest BCUT2D eigenvalue weighted by Crippen LogP contribution is 2.31. The molecule has 1 atom stereocenters. The number of fused-ring (bicyclic) bond motifs is 1. The molecule has 0 unspecified atom stereocenters. The summed E-state index contributed by atoms with van der Waals surface area (Å²) in [6.45, 7) is 2.48. The molecule has 1 amide bonds.